The van der Waals surface area contributed by atoms with Gasteiger partial charge in [-0.1, -0.05) is 24.3 Å². The monoisotopic (exact) mass is 235 g/mol. The Morgan fingerprint density at radius 3 is 2.65 bits per heavy atom. The predicted molar refractivity (Wildman–Crippen MR) is 63.2 cm³/mol. The molecule has 1 aliphatic heterocycles. The Kier molecular flexibility index (Phi) is 2.83. The summed E-state index contributed by atoms with van der Waals surface area (Å²) in [6, 6.07) is 7.47. The van der Waals surface area contributed by atoms with Gasteiger partial charge in [0.25, 0.3) is 0 Å². The summed E-state index contributed by atoms with van der Waals surface area (Å²) in [5.74, 6) is 0. The SMILES string of the molecule is CC(C)(C)OC(=O)N1Cc2ccccc2[C@@H]1O. The number of ether oxygens (including phenoxy) is 1. The topological polar surface area (TPSA) is 49.8 Å². The lowest BCUT2D eigenvalue weighted by Gasteiger charge is -2.26. The smallest absolute Gasteiger partial charge is 0.412 e. The van der Waals surface area contributed by atoms with E-state index in [1.165, 1.54) is 4.90 Å². The van der Waals surface area contributed by atoms with Gasteiger partial charge in [-0.25, -0.2) is 4.79 Å². The van der Waals surface area contributed by atoms with Crippen LogP contribution >= 0.6 is 0 Å². The number of carbonyl (C=O) groups is 1. The van der Waals surface area contributed by atoms with E-state index >= 15 is 0 Å². The Balaban J connectivity index is 2.15. The summed E-state index contributed by atoms with van der Waals surface area (Å²) in [7, 11) is 0. The van der Waals surface area contributed by atoms with E-state index in [0.717, 1.165) is 11.1 Å². The van der Waals surface area contributed by atoms with E-state index in [0.29, 0.717) is 6.54 Å². The van der Waals surface area contributed by atoms with Crippen LogP contribution in [0.1, 0.15) is 38.1 Å². The van der Waals surface area contributed by atoms with Gasteiger partial charge in [0.15, 0.2) is 6.23 Å². The molecule has 4 nitrogen and oxygen atoms in total. The molecule has 1 N–H and O–H groups in total. The molecule has 1 amide bonds. The molecule has 1 aliphatic rings. The van der Waals surface area contributed by atoms with Crippen LogP contribution in [-0.2, 0) is 11.3 Å². The zero-order chi connectivity index (χ0) is 12.6. The van der Waals surface area contributed by atoms with Crippen molar-refractivity contribution in [2.24, 2.45) is 0 Å². The molecule has 92 valence electrons. The van der Waals surface area contributed by atoms with Crippen molar-refractivity contribution in [3.63, 3.8) is 0 Å². The third-order valence-electron chi connectivity index (χ3n) is 2.60. The second kappa shape index (κ2) is 4.04. The second-order valence-electron chi connectivity index (χ2n) is 5.18. The van der Waals surface area contributed by atoms with Crippen molar-refractivity contribution in [3.05, 3.63) is 35.4 Å². The van der Waals surface area contributed by atoms with Gasteiger partial charge in [-0.2, -0.15) is 0 Å². The molecule has 0 saturated carbocycles. The quantitative estimate of drug-likeness (QED) is 0.751. The lowest BCUT2D eigenvalue weighted by Crippen LogP contribution is -2.35. The van der Waals surface area contributed by atoms with Gasteiger partial charge < -0.3 is 9.84 Å². The van der Waals surface area contributed by atoms with E-state index in [2.05, 4.69) is 0 Å². The fourth-order valence-electron chi connectivity index (χ4n) is 1.85. The molecule has 1 heterocycles. The number of hydrogen-bond donors (Lipinski definition) is 1. The first-order valence-electron chi connectivity index (χ1n) is 5.64. The normalized spacial score (nSPS) is 19.1. The molecule has 0 spiro atoms. The van der Waals surface area contributed by atoms with Crippen LogP contribution < -0.4 is 0 Å². The van der Waals surface area contributed by atoms with E-state index in [4.69, 9.17) is 4.74 Å². The molecule has 1 aromatic rings. The van der Waals surface area contributed by atoms with Gasteiger partial charge in [-0.15, -0.1) is 0 Å². The van der Waals surface area contributed by atoms with Crippen LogP contribution in [0.15, 0.2) is 24.3 Å². The number of hydrogen-bond acceptors (Lipinski definition) is 3. The van der Waals surface area contributed by atoms with Crippen molar-refractivity contribution in [2.75, 3.05) is 0 Å². The van der Waals surface area contributed by atoms with Crippen LogP contribution in [0.25, 0.3) is 0 Å². The minimum absolute atomic E-state index is 0.395. The fourth-order valence-corrected chi connectivity index (χ4v) is 1.85. The largest absolute Gasteiger partial charge is 0.444 e. The van der Waals surface area contributed by atoms with Gasteiger partial charge in [0.1, 0.15) is 5.60 Å². The van der Waals surface area contributed by atoms with E-state index in [1.54, 1.807) is 20.8 Å². The van der Waals surface area contributed by atoms with Gasteiger partial charge in [-0.05, 0) is 26.3 Å². The van der Waals surface area contributed by atoms with Crippen LogP contribution in [-0.4, -0.2) is 21.7 Å². The standard InChI is InChI=1S/C13H17NO3/c1-13(2,3)17-12(16)14-8-9-6-4-5-7-10(9)11(14)15/h4-7,11,15H,8H2,1-3H3/t11-/m0/s1. The second-order valence-corrected chi connectivity index (χ2v) is 5.18. The molecular weight excluding hydrogens is 218 g/mol. The van der Waals surface area contributed by atoms with Crippen molar-refractivity contribution in [3.8, 4) is 0 Å². The Labute approximate surface area is 101 Å². The molecule has 0 saturated heterocycles. The molecule has 0 unspecified atom stereocenters. The van der Waals surface area contributed by atoms with E-state index in [9.17, 15) is 9.90 Å². The Morgan fingerprint density at radius 2 is 2.06 bits per heavy atom. The molecule has 0 fully saturated rings. The summed E-state index contributed by atoms with van der Waals surface area (Å²) in [4.78, 5) is 13.2. The van der Waals surface area contributed by atoms with Crippen molar-refractivity contribution < 1.29 is 14.6 Å². The number of carbonyl (C=O) groups excluding carboxylic acids is 1. The van der Waals surface area contributed by atoms with Gasteiger partial charge in [0.2, 0.25) is 0 Å². The molecule has 0 aromatic heterocycles. The Bertz CT molecular complexity index is 437. The minimum atomic E-state index is -0.902. The van der Waals surface area contributed by atoms with Crippen molar-refractivity contribution >= 4 is 6.09 Å². The molecule has 4 heteroatoms. The van der Waals surface area contributed by atoms with Crippen LogP contribution in [0.5, 0.6) is 0 Å². The number of fused-ring (bicyclic) bond motifs is 1. The average molecular weight is 235 g/mol. The molecule has 0 bridgehead atoms. The first-order chi connectivity index (χ1) is 7.88. The van der Waals surface area contributed by atoms with Crippen molar-refractivity contribution in [1.82, 2.24) is 4.90 Å². The fraction of sp³-hybridized carbons (Fsp3) is 0.462. The summed E-state index contributed by atoms with van der Waals surface area (Å²) < 4.78 is 5.25. The first-order valence-corrected chi connectivity index (χ1v) is 5.64. The molecule has 0 radical (unpaired) electrons. The summed E-state index contributed by atoms with van der Waals surface area (Å²) >= 11 is 0. The third kappa shape index (κ3) is 2.42. The Morgan fingerprint density at radius 1 is 1.41 bits per heavy atom. The van der Waals surface area contributed by atoms with Gasteiger partial charge in [0, 0.05) is 5.56 Å². The summed E-state index contributed by atoms with van der Waals surface area (Å²) in [5, 5.41) is 10.0. The van der Waals surface area contributed by atoms with Gasteiger partial charge in [-0.3, -0.25) is 4.90 Å². The number of rotatable bonds is 0. The van der Waals surface area contributed by atoms with Gasteiger partial charge in [0.05, 0.1) is 6.54 Å². The molecule has 17 heavy (non-hydrogen) atoms. The average Bonchev–Trinajstić information content (AvgIpc) is 2.55. The Hall–Kier alpha value is -1.55. The van der Waals surface area contributed by atoms with Crippen molar-refractivity contribution in [2.45, 2.75) is 39.1 Å². The third-order valence-corrected chi connectivity index (χ3v) is 2.60. The maximum Gasteiger partial charge on any atom is 0.412 e. The number of amides is 1. The van der Waals surface area contributed by atoms with E-state index in [-0.39, 0.29) is 0 Å². The molecule has 2 rings (SSSR count). The maximum atomic E-state index is 11.9. The first kappa shape index (κ1) is 11.9. The van der Waals surface area contributed by atoms with Crippen LogP contribution in [0.2, 0.25) is 0 Å². The molecule has 0 aliphatic carbocycles. The number of aliphatic hydroxyl groups excluding tert-OH is 1. The predicted octanol–water partition coefficient (Wildman–Crippen LogP) is 2.43. The minimum Gasteiger partial charge on any atom is -0.444 e. The molecular formula is C13H17NO3. The number of benzene rings is 1. The van der Waals surface area contributed by atoms with Crippen molar-refractivity contribution in [1.29, 1.82) is 0 Å². The highest BCUT2D eigenvalue weighted by molar-refractivity contribution is 5.70. The number of aliphatic hydroxyl groups is 1. The molecule has 1 aromatic carbocycles. The summed E-state index contributed by atoms with van der Waals surface area (Å²) in [5.41, 5.74) is 1.19. The number of nitrogens with zero attached hydrogens (tertiary/aromatic N) is 1. The van der Waals surface area contributed by atoms with E-state index in [1.807, 2.05) is 24.3 Å². The van der Waals surface area contributed by atoms with Crippen LogP contribution in [0, 0.1) is 0 Å². The van der Waals surface area contributed by atoms with E-state index < -0.39 is 17.9 Å². The summed E-state index contributed by atoms with van der Waals surface area (Å²) in [6.07, 6.45) is -1.39. The van der Waals surface area contributed by atoms with Crippen LogP contribution in [0.4, 0.5) is 4.79 Å². The lowest BCUT2D eigenvalue weighted by atomic mass is 10.1. The zero-order valence-corrected chi connectivity index (χ0v) is 10.3. The van der Waals surface area contributed by atoms with Gasteiger partial charge >= 0.3 is 6.09 Å². The highest BCUT2D eigenvalue weighted by atomic mass is 16.6. The zero-order valence-electron chi connectivity index (χ0n) is 10.3. The lowest BCUT2D eigenvalue weighted by molar-refractivity contribution is -0.0257. The summed E-state index contributed by atoms with van der Waals surface area (Å²) in [6.45, 7) is 5.81. The highest BCUT2D eigenvalue weighted by Crippen LogP contribution is 2.32. The van der Waals surface area contributed by atoms with Crippen LogP contribution in [0.3, 0.4) is 0 Å². The maximum absolute atomic E-state index is 11.9. The highest BCUT2D eigenvalue weighted by Gasteiger charge is 2.34. The molecule has 1 atom stereocenters.